The zero-order valence-electron chi connectivity index (χ0n) is 8.96. The lowest BCUT2D eigenvalue weighted by atomic mass is 10.0. The highest BCUT2D eigenvalue weighted by molar-refractivity contribution is 5.80. The predicted octanol–water partition coefficient (Wildman–Crippen LogP) is 2.03. The summed E-state index contributed by atoms with van der Waals surface area (Å²) in [7, 11) is 0. The van der Waals surface area contributed by atoms with Crippen molar-refractivity contribution < 1.29 is 23.4 Å². The molecule has 0 aliphatic rings. The number of benzene rings is 1. The summed E-state index contributed by atoms with van der Waals surface area (Å²) in [5, 5.41) is 9.52. The molecule has 0 saturated heterocycles. The lowest BCUT2D eigenvalue weighted by Gasteiger charge is -2.19. The van der Waals surface area contributed by atoms with E-state index in [0.717, 1.165) is 18.2 Å². The summed E-state index contributed by atoms with van der Waals surface area (Å²) in [4.78, 5) is 11.4. The van der Waals surface area contributed by atoms with Crippen LogP contribution in [0.4, 0.5) is 8.78 Å². The van der Waals surface area contributed by atoms with Gasteiger partial charge in [0.2, 0.25) is 5.75 Å². The lowest BCUT2D eigenvalue weighted by molar-refractivity contribution is -0.154. The van der Waals surface area contributed by atoms with Crippen molar-refractivity contribution in [2.75, 3.05) is 0 Å². The van der Waals surface area contributed by atoms with Crippen LogP contribution in [0.1, 0.15) is 20.3 Å². The first kappa shape index (κ1) is 12.6. The van der Waals surface area contributed by atoms with Gasteiger partial charge < -0.3 is 9.84 Å². The first-order valence-corrected chi connectivity index (χ1v) is 4.77. The molecule has 0 radical (unpaired) electrons. The summed E-state index contributed by atoms with van der Waals surface area (Å²) in [5.74, 6) is -3.85. The maximum Gasteiger partial charge on any atom is 0.343 e. The number of para-hydroxylation sites is 1. The van der Waals surface area contributed by atoms with Crippen molar-refractivity contribution in [3.8, 4) is 5.75 Å². The Morgan fingerprint density at radius 3 is 2.38 bits per heavy atom. The minimum Gasteiger partial charge on any atom is -0.418 e. The molecule has 0 saturated carbocycles. The SMILES string of the molecule is CCC(C)(O)C(=O)Oc1c(F)cccc1F. The predicted molar refractivity (Wildman–Crippen MR) is 52.9 cm³/mol. The van der Waals surface area contributed by atoms with Crippen LogP contribution in [0.25, 0.3) is 0 Å². The first-order valence-electron chi connectivity index (χ1n) is 4.77. The van der Waals surface area contributed by atoms with Crippen molar-refractivity contribution in [3.63, 3.8) is 0 Å². The number of aliphatic hydroxyl groups is 1. The van der Waals surface area contributed by atoms with E-state index >= 15 is 0 Å². The molecule has 88 valence electrons. The minimum absolute atomic E-state index is 0.0852. The Labute approximate surface area is 91.7 Å². The molecule has 0 aliphatic carbocycles. The Hall–Kier alpha value is -1.49. The van der Waals surface area contributed by atoms with E-state index in [1.165, 1.54) is 6.92 Å². The van der Waals surface area contributed by atoms with Gasteiger partial charge in [-0.1, -0.05) is 13.0 Å². The van der Waals surface area contributed by atoms with Crippen LogP contribution in [0.5, 0.6) is 5.75 Å². The van der Waals surface area contributed by atoms with E-state index in [1.807, 2.05) is 0 Å². The molecule has 0 amide bonds. The van der Waals surface area contributed by atoms with Gasteiger partial charge in [0.05, 0.1) is 0 Å². The van der Waals surface area contributed by atoms with Crippen molar-refractivity contribution in [1.29, 1.82) is 0 Å². The van der Waals surface area contributed by atoms with Gasteiger partial charge >= 0.3 is 5.97 Å². The van der Waals surface area contributed by atoms with Crippen LogP contribution in [0.2, 0.25) is 0 Å². The number of carbonyl (C=O) groups is 1. The molecule has 1 rings (SSSR count). The Balaban J connectivity index is 2.94. The number of hydrogen-bond donors (Lipinski definition) is 1. The molecule has 0 fully saturated rings. The monoisotopic (exact) mass is 230 g/mol. The largest absolute Gasteiger partial charge is 0.418 e. The standard InChI is InChI=1S/C11H12F2O3/c1-3-11(2,15)10(14)16-9-7(12)5-4-6-8(9)13/h4-6,15H,3H2,1-2H3. The van der Waals surface area contributed by atoms with Crippen LogP contribution in [-0.4, -0.2) is 16.7 Å². The van der Waals surface area contributed by atoms with Gasteiger partial charge in [0, 0.05) is 0 Å². The molecule has 0 aliphatic heterocycles. The van der Waals surface area contributed by atoms with Crippen molar-refractivity contribution in [3.05, 3.63) is 29.8 Å². The van der Waals surface area contributed by atoms with Crippen LogP contribution >= 0.6 is 0 Å². The number of carbonyl (C=O) groups excluding carboxylic acids is 1. The van der Waals surface area contributed by atoms with E-state index in [1.54, 1.807) is 6.92 Å². The van der Waals surface area contributed by atoms with E-state index < -0.39 is 29.0 Å². The summed E-state index contributed by atoms with van der Waals surface area (Å²) < 4.78 is 30.7. The second kappa shape index (κ2) is 4.57. The molecule has 0 spiro atoms. The molecule has 1 aromatic rings. The second-order valence-corrected chi connectivity index (χ2v) is 3.57. The van der Waals surface area contributed by atoms with Crippen molar-refractivity contribution in [2.24, 2.45) is 0 Å². The van der Waals surface area contributed by atoms with Gasteiger partial charge in [-0.3, -0.25) is 0 Å². The van der Waals surface area contributed by atoms with E-state index in [-0.39, 0.29) is 6.42 Å². The van der Waals surface area contributed by atoms with Crippen LogP contribution in [-0.2, 0) is 4.79 Å². The van der Waals surface area contributed by atoms with E-state index in [9.17, 15) is 18.7 Å². The fraction of sp³-hybridized carbons (Fsp3) is 0.364. The minimum atomic E-state index is -1.76. The zero-order valence-corrected chi connectivity index (χ0v) is 8.96. The van der Waals surface area contributed by atoms with Crippen molar-refractivity contribution in [2.45, 2.75) is 25.9 Å². The summed E-state index contributed by atoms with van der Waals surface area (Å²) >= 11 is 0. The average molecular weight is 230 g/mol. The Morgan fingerprint density at radius 1 is 1.44 bits per heavy atom. The third-order valence-corrected chi connectivity index (χ3v) is 2.24. The molecule has 3 nitrogen and oxygen atoms in total. The first-order chi connectivity index (χ1) is 7.38. The molecule has 0 aromatic heterocycles. The van der Waals surface area contributed by atoms with Crippen LogP contribution in [0, 0.1) is 11.6 Å². The summed E-state index contributed by atoms with van der Waals surface area (Å²) in [6.45, 7) is 2.77. The van der Waals surface area contributed by atoms with Gasteiger partial charge in [-0.05, 0) is 25.5 Å². The summed E-state index contributed by atoms with van der Waals surface area (Å²) in [5.41, 5.74) is -1.76. The number of hydrogen-bond acceptors (Lipinski definition) is 3. The number of halogens is 2. The molecular weight excluding hydrogens is 218 g/mol. The van der Waals surface area contributed by atoms with E-state index in [2.05, 4.69) is 4.74 Å². The lowest BCUT2D eigenvalue weighted by Crippen LogP contribution is -2.38. The van der Waals surface area contributed by atoms with Crippen molar-refractivity contribution >= 4 is 5.97 Å². The molecule has 1 aromatic carbocycles. The fourth-order valence-corrected chi connectivity index (χ4v) is 0.927. The zero-order chi connectivity index (χ0) is 12.3. The van der Waals surface area contributed by atoms with Crippen LogP contribution in [0.15, 0.2) is 18.2 Å². The van der Waals surface area contributed by atoms with Crippen LogP contribution in [0.3, 0.4) is 0 Å². The normalized spacial score (nSPS) is 14.3. The van der Waals surface area contributed by atoms with Gasteiger partial charge in [0.25, 0.3) is 0 Å². The molecule has 1 atom stereocenters. The van der Waals surface area contributed by atoms with E-state index in [4.69, 9.17) is 0 Å². The highest BCUT2D eigenvalue weighted by Gasteiger charge is 2.31. The van der Waals surface area contributed by atoms with Crippen molar-refractivity contribution in [1.82, 2.24) is 0 Å². The highest BCUT2D eigenvalue weighted by Crippen LogP contribution is 2.23. The Bertz CT molecular complexity index is 382. The summed E-state index contributed by atoms with van der Waals surface area (Å²) in [6, 6.07) is 3.08. The number of rotatable bonds is 3. The molecule has 0 heterocycles. The van der Waals surface area contributed by atoms with Crippen LogP contribution < -0.4 is 4.74 Å². The highest BCUT2D eigenvalue weighted by atomic mass is 19.1. The van der Waals surface area contributed by atoms with Gasteiger partial charge in [0.15, 0.2) is 17.2 Å². The van der Waals surface area contributed by atoms with Gasteiger partial charge in [-0.25, -0.2) is 13.6 Å². The maximum absolute atomic E-state index is 13.1. The average Bonchev–Trinajstić information content (AvgIpc) is 2.23. The Kier molecular flexibility index (Phi) is 3.59. The second-order valence-electron chi connectivity index (χ2n) is 3.57. The third-order valence-electron chi connectivity index (χ3n) is 2.24. The molecule has 1 N–H and O–H groups in total. The number of ether oxygens (including phenoxy) is 1. The van der Waals surface area contributed by atoms with Gasteiger partial charge in [0.1, 0.15) is 0 Å². The maximum atomic E-state index is 13.1. The molecule has 0 bridgehead atoms. The van der Waals surface area contributed by atoms with Gasteiger partial charge in [-0.2, -0.15) is 0 Å². The molecule has 1 unspecified atom stereocenters. The smallest absolute Gasteiger partial charge is 0.343 e. The van der Waals surface area contributed by atoms with Gasteiger partial charge in [-0.15, -0.1) is 0 Å². The Morgan fingerprint density at radius 2 is 1.94 bits per heavy atom. The van der Waals surface area contributed by atoms with E-state index in [0.29, 0.717) is 0 Å². The molecular formula is C11H12F2O3. The topological polar surface area (TPSA) is 46.5 Å². The number of esters is 1. The quantitative estimate of drug-likeness (QED) is 0.638. The fourth-order valence-electron chi connectivity index (χ4n) is 0.927. The molecule has 5 heteroatoms. The third kappa shape index (κ3) is 2.55. The molecule has 16 heavy (non-hydrogen) atoms. The summed E-state index contributed by atoms with van der Waals surface area (Å²) in [6.07, 6.45) is 0.0852.